The molecule has 3 fully saturated rings. The van der Waals surface area contributed by atoms with E-state index in [9.17, 15) is 27.6 Å². The highest BCUT2D eigenvalue weighted by Gasteiger charge is 2.37. The van der Waals surface area contributed by atoms with Gasteiger partial charge in [0.25, 0.3) is 0 Å². The second-order valence-corrected chi connectivity index (χ2v) is 14.0. The molecular formula is C35H44ClF3N6O4. The lowest BCUT2D eigenvalue weighted by Crippen LogP contribution is -2.57. The number of nitrogens with zero attached hydrogens (tertiary/aromatic N) is 3. The number of amides is 5. The summed E-state index contributed by atoms with van der Waals surface area (Å²) in [6.45, 7) is 3.80. The third-order valence-electron chi connectivity index (χ3n) is 10.6. The van der Waals surface area contributed by atoms with Crippen LogP contribution in [0.25, 0.3) is 0 Å². The fourth-order valence-electron chi connectivity index (χ4n) is 7.82. The van der Waals surface area contributed by atoms with Crippen molar-refractivity contribution in [1.82, 2.24) is 20.0 Å². The summed E-state index contributed by atoms with van der Waals surface area (Å²) in [5, 5.41) is 5.59. The number of rotatable bonds is 6. The predicted octanol–water partition coefficient (Wildman–Crippen LogP) is 5.78. The third kappa shape index (κ3) is 8.20. The Morgan fingerprint density at radius 3 is 2.31 bits per heavy atom. The number of ether oxygens (including phenoxy) is 1. The molecule has 2 aromatic carbocycles. The lowest BCUT2D eigenvalue weighted by Gasteiger charge is -2.40. The largest absolute Gasteiger partial charge is 0.418 e. The van der Waals surface area contributed by atoms with E-state index < -0.39 is 29.5 Å². The quantitative estimate of drug-likeness (QED) is 0.330. The van der Waals surface area contributed by atoms with Crippen LogP contribution in [-0.2, 0) is 28.5 Å². The number of alkyl halides is 3. The van der Waals surface area contributed by atoms with Gasteiger partial charge in [-0.15, -0.1) is 0 Å². The number of nitrogens with one attached hydrogen (secondary N) is 2. The van der Waals surface area contributed by atoms with Crippen LogP contribution < -0.4 is 16.4 Å². The van der Waals surface area contributed by atoms with Crippen molar-refractivity contribution in [2.45, 2.75) is 69.6 Å². The van der Waals surface area contributed by atoms with E-state index in [1.54, 1.807) is 9.80 Å². The second-order valence-electron chi connectivity index (χ2n) is 13.6. The highest BCUT2D eigenvalue weighted by molar-refractivity contribution is 6.33. The number of carbonyl (C=O) groups excluding carboxylic acids is 3. The first-order valence-electron chi connectivity index (χ1n) is 17.2. The zero-order chi connectivity index (χ0) is 34.7. The van der Waals surface area contributed by atoms with Crippen LogP contribution in [0.2, 0.25) is 5.02 Å². The first-order valence-corrected chi connectivity index (χ1v) is 17.6. The lowest BCUT2D eigenvalue weighted by molar-refractivity contribution is -0.137. The zero-order valence-electron chi connectivity index (χ0n) is 27.4. The molecule has 14 heteroatoms. The molecule has 0 saturated carbocycles. The predicted molar refractivity (Wildman–Crippen MR) is 180 cm³/mol. The van der Waals surface area contributed by atoms with Gasteiger partial charge in [0.1, 0.15) is 6.04 Å². The molecule has 0 bridgehead atoms. The molecule has 2 aromatic rings. The van der Waals surface area contributed by atoms with Gasteiger partial charge in [0.05, 0.1) is 16.3 Å². The molecule has 49 heavy (non-hydrogen) atoms. The number of hydrogen-bond donors (Lipinski definition) is 3. The smallest absolute Gasteiger partial charge is 0.397 e. The highest BCUT2D eigenvalue weighted by atomic mass is 35.5. The molecule has 5 amide bonds. The number of halogens is 4. The van der Waals surface area contributed by atoms with Crippen LogP contribution >= 0.6 is 11.6 Å². The van der Waals surface area contributed by atoms with Crippen LogP contribution in [-0.4, -0.2) is 90.7 Å². The van der Waals surface area contributed by atoms with Gasteiger partial charge in [-0.05, 0) is 86.1 Å². The van der Waals surface area contributed by atoms with Gasteiger partial charge in [0, 0.05) is 64.1 Å². The minimum atomic E-state index is -4.74. The lowest BCUT2D eigenvalue weighted by atomic mass is 9.80. The summed E-state index contributed by atoms with van der Waals surface area (Å²) < 4.78 is 46.9. The number of carbonyl (C=O) groups is 3. The number of benzene rings is 2. The maximum atomic E-state index is 14.0. The number of para-hydroxylation sites is 1. The van der Waals surface area contributed by atoms with Crippen LogP contribution in [0.3, 0.4) is 0 Å². The van der Waals surface area contributed by atoms with Crippen LogP contribution in [0.4, 0.5) is 34.1 Å². The fourth-order valence-corrected chi connectivity index (χ4v) is 8.06. The van der Waals surface area contributed by atoms with Crippen LogP contribution in [0.1, 0.15) is 55.2 Å². The van der Waals surface area contributed by atoms with Gasteiger partial charge in [0.2, 0.25) is 5.91 Å². The summed E-state index contributed by atoms with van der Waals surface area (Å²) in [6, 6.07) is 8.13. The average Bonchev–Trinajstić information content (AvgIpc) is 3.27. The van der Waals surface area contributed by atoms with E-state index >= 15 is 0 Å². The van der Waals surface area contributed by atoms with Crippen molar-refractivity contribution in [2.75, 3.05) is 57.0 Å². The highest BCUT2D eigenvalue weighted by Crippen LogP contribution is 2.38. The second kappa shape index (κ2) is 15.0. The van der Waals surface area contributed by atoms with Crippen molar-refractivity contribution in [1.29, 1.82) is 0 Å². The number of likely N-dealkylation sites (tertiary alicyclic amines) is 2. The average molecular weight is 705 g/mol. The van der Waals surface area contributed by atoms with Crippen LogP contribution in [0.15, 0.2) is 36.4 Å². The zero-order valence-corrected chi connectivity index (χ0v) is 28.2. The van der Waals surface area contributed by atoms with Gasteiger partial charge < -0.3 is 35.8 Å². The maximum absolute atomic E-state index is 14.0. The Kier molecular flexibility index (Phi) is 10.8. The number of fused-ring (bicyclic) bond motifs is 1. The molecule has 0 spiro atoms. The monoisotopic (exact) mass is 704 g/mol. The summed E-state index contributed by atoms with van der Waals surface area (Å²) in [6.07, 6.45) is 0.561. The van der Waals surface area contributed by atoms with Gasteiger partial charge in [-0.25, -0.2) is 9.59 Å². The summed E-state index contributed by atoms with van der Waals surface area (Å²) in [4.78, 5) is 45.9. The van der Waals surface area contributed by atoms with Crippen molar-refractivity contribution in [3.05, 3.63) is 58.1 Å². The van der Waals surface area contributed by atoms with Crippen molar-refractivity contribution < 1.29 is 32.3 Å². The van der Waals surface area contributed by atoms with E-state index in [-0.39, 0.29) is 35.0 Å². The van der Waals surface area contributed by atoms with Crippen LogP contribution in [0.5, 0.6) is 0 Å². The van der Waals surface area contributed by atoms with Gasteiger partial charge >= 0.3 is 18.2 Å². The minimum absolute atomic E-state index is 0.0643. The van der Waals surface area contributed by atoms with Crippen molar-refractivity contribution in [3.8, 4) is 0 Å². The van der Waals surface area contributed by atoms with E-state index in [1.165, 1.54) is 6.07 Å². The first kappa shape index (κ1) is 35.1. The molecule has 266 valence electrons. The molecule has 4 heterocycles. The molecule has 10 nitrogen and oxygen atoms in total. The molecule has 6 rings (SSSR count). The minimum Gasteiger partial charge on any atom is -0.397 e. The normalized spacial score (nSPS) is 20.7. The molecule has 0 aliphatic carbocycles. The molecule has 1 atom stereocenters. The van der Waals surface area contributed by atoms with Crippen molar-refractivity contribution >= 4 is 40.9 Å². The summed E-state index contributed by atoms with van der Waals surface area (Å²) in [7, 11) is 0. The molecule has 0 unspecified atom stereocenters. The Balaban J connectivity index is 1.12. The van der Waals surface area contributed by atoms with E-state index in [4.69, 9.17) is 22.1 Å². The molecule has 4 aliphatic heterocycles. The van der Waals surface area contributed by atoms with Gasteiger partial charge in [-0.3, -0.25) is 4.79 Å². The molecule has 0 aromatic heterocycles. The molecular weight excluding hydrogens is 661 g/mol. The van der Waals surface area contributed by atoms with Gasteiger partial charge in [-0.2, -0.15) is 13.2 Å². The number of piperidine rings is 2. The standard InChI is InChI=1S/C35H44ClF3N6O4/c36-28-20-22(19-27(31(28)40)35(37,38)39)21-30(32(46)43-12-5-23(6-13-43)24-10-17-49-18-11-24)42-33(47)44-14-8-26(9-15-44)45-16-7-25-3-1-2-4-29(25)41-34(45)48/h1-4,19-20,23-24,26,30H,5-18,21,40H2,(H,41,48)(H,42,47)/t30-/m1/s1. The van der Waals surface area contributed by atoms with Gasteiger partial charge in [-0.1, -0.05) is 29.8 Å². The third-order valence-corrected chi connectivity index (χ3v) is 11.0. The van der Waals surface area contributed by atoms with Gasteiger partial charge in [0.15, 0.2) is 0 Å². The number of nitrogens with two attached hydrogens (primary N) is 1. The Hall–Kier alpha value is -3.71. The summed E-state index contributed by atoms with van der Waals surface area (Å²) in [5.74, 6) is 0.696. The first-order chi connectivity index (χ1) is 23.5. The van der Waals surface area contributed by atoms with Crippen molar-refractivity contribution in [2.24, 2.45) is 11.8 Å². The maximum Gasteiger partial charge on any atom is 0.418 e. The fraction of sp³-hybridized carbons (Fsp3) is 0.571. The van der Waals surface area contributed by atoms with Crippen molar-refractivity contribution in [3.63, 3.8) is 0 Å². The molecule has 0 radical (unpaired) electrons. The Morgan fingerprint density at radius 2 is 1.61 bits per heavy atom. The van der Waals surface area contributed by atoms with E-state index in [0.29, 0.717) is 57.4 Å². The number of nitrogen functional groups attached to an aromatic ring is 1. The molecule has 4 aliphatic rings. The Labute approximate surface area is 289 Å². The number of hydrogen-bond acceptors (Lipinski definition) is 5. The Morgan fingerprint density at radius 1 is 0.959 bits per heavy atom. The van der Waals surface area contributed by atoms with E-state index in [2.05, 4.69) is 10.6 Å². The Bertz CT molecular complexity index is 1520. The topological polar surface area (TPSA) is 120 Å². The van der Waals surface area contributed by atoms with E-state index in [1.807, 2.05) is 29.2 Å². The van der Waals surface area contributed by atoms with Crippen LogP contribution in [0, 0.1) is 11.8 Å². The molecule has 4 N–H and O–H groups in total. The SMILES string of the molecule is Nc1c(Cl)cc(C[C@@H](NC(=O)N2CCC(N3CCc4ccccc4NC3=O)CC2)C(=O)N2CCC(C3CCOCC3)CC2)cc1C(F)(F)F. The summed E-state index contributed by atoms with van der Waals surface area (Å²) >= 11 is 6.12. The molecule has 3 saturated heterocycles. The summed E-state index contributed by atoms with van der Waals surface area (Å²) in [5.41, 5.74) is 6.03. The number of anilines is 2. The van der Waals surface area contributed by atoms with E-state index in [0.717, 1.165) is 62.6 Å². The number of urea groups is 2.